The average Bonchev–Trinajstić information content (AvgIpc) is 3.27. The van der Waals surface area contributed by atoms with Gasteiger partial charge in [0.25, 0.3) is 5.91 Å². The van der Waals surface area contributed by atoms with E-state index in [9.17, 15) is 4.79 Å². The van der Waals surface area contributed by atoms with E-state index in [-0.39, 0.29) is 30.6 Å². The van der Waals surface area contributed by atoms with Gasteiger partial charge >= 0.3 is 0 Å². The summed E-state index contributed by atoms with van der Waals surface area (Å²) in [5.74, 6) is 2.29. The molecule has 126 valence electrons. The smallest absolute Gasteiger partial charge is 0.290 e. The van der Waals surface area contributed by atoms with Crippen LogP contribution in [0.4, 0.5) is 0 Å². The number of carbonyl (C=O) groups excluding carboxylic acids is 1. The van der Waals surface area contributed by atoms with E-state index in [0.29, 0.717) is 0 Å². The SMILES string of the molecule is O=C(NC1CCC(Oc2ccc3c(c2)OCO3)CC1)c1ccno1. The number of carbonyl (C=O) groups is 1. The molecule has 1 saturated carbocycles. The second-order valence-electron chi connectivity index (χ2n) is 5.96. The maximum atomic E-state index is 12.0. The fourth-order valence-electron chi connectivity index (χ4n) is 3.06. The van der Waals surface area contributed by atoms with Crippen LogP contribution in [-0.4, -0.2) is 30.0 Å². The molecule has 0 radical (unpaired) electrons. The minimum absolute atomic E-state index is 0.138. The Morgan fingerprint density at radius 3 is 2.75 bits per heavy atom. The van der Waals surface area contributed by atoms with Gasteiger partial charge in [-0.25, -0.2) is 0 Å². The van der Waals surface area contributed by atoms with Crippen molar-refractivity contribution >= 4 is 5.91 Å². The maximum Gasteiger partial charge on any atom is 0.290 e. The molecule has 1 amide bonds. The van der Waals surface area contributed by atoms with Gasteiger partial charge in [0.05, 0.1) is 12.3 Å². The van der Waals surface area contributed by atoms with E-state index in [0.717, 1.165) is 42.9 Å². The van der Waals surface area contributed by atoms with Crippen LogP contribution in [0.5, 0.6) is 17.2 Å². The van der Waals surface area contributed by atoms with E-state index in [1.807, 2.05) is 18.2 Å². The van der Waals surface area contributed by atoms with Crippen LogP contribution in [0.15, 0.2) is 35.0 Å². The summed E-state index contributed by atoms with van der Waals surface area (Å²) in [4.78, 5) is 12.0. The van der Waals surface area contributed by atoms with Gasteiger partial charge in [-0.05, 0) is 37.8 Å². The molecule has 1 aliphatic carbocycles. The quantitative estimate of drug-likeness (QED) is 0.927. The lowest BCUT2D eigenvalue weighted by Gasteiger charge is -2.29. The standard InChI is InChI=1S/C17H18N2O5/c20-17(15-7-8-18-24-15)19-11-1-3-12(4-2-11)23-13-5-6-14-16(9-13)22-10-21-14/h5-9,11-12H,1-4,10H2,(H,19,20). The van der Waals surface area contributed by atoms with Crippen LogP contribution < -0.4 is 19.5 Å². The van der Waals surface area contributed by atoms with Gasteiger partial charge in [-0.3, -0.25) is 4.79 Å². The van der Waals surface area contributed by atoms with Crippen LogP contribution >= 0.6 is 0 Å². The van der Waals surface area contributed by atoms with E-state index < -0.39 is 0 Å². The van der Waals surface area contributed by atoms with E-state index >= 15 is 0 Å². The first-order valence-electron chi connectivity index (χ1n) is 8.06. The van der Waals surface area contributed by atoms with Gasteiger partial charge in [-0.15, -0.1) is 0 Å². The Bertz CT molecular complexity index is 708. The van der Waals surface area contributed by atoms with Crippen LogP contribution in [0.2, 0.25) is 0 Å². The zero-order valence-corrected chi connectivity index (χ0v) is 13.1. The van der Waals surface area contributed by atoms with E-state index in [2.05, 4.69) is 10.5 Å². The first-order chi connectivity index (χ1) is 11.8. The van der Waals surface area contributed by atoms with Crippen molar-refractivity contribution in [3.63, 3.8) is 0 Å². The van der Waals surface area contributed by atoms with Crippen molar-refractivity contribution in [2.45, 2.75) is 37.8 Å². The number of fused-ring (bicyclic) bond motifs is 1. The summed E-state index contributed by atoms with van der Waals surface area (Å²) in [7, 11) is 0. The van der Waals surface area contributed by atoms with Gasteiger partial charge in [-0.1, -0.05) is 5.16 Å². The third-order valence-electron chi connectivity index (χ3n) is 4.32. The molecule has 1 N–H and O–H groups in total. The Balaban J connectivity index is 1.28. The molecular weight excluding hydrogens is 312 g/mol. The number of nitrogens with zero attached hydrogens (tertiary/aromatic N) is 1. The van der Waals surface area contributed by atoms with Crippen molar-refractivity contribution < 1.29 is 23.5 Å². The average molecular weight is 330 g/mol. The molecule has 7 nitrogen and oxygen atoms in total. The molecule has 1 aromatic carbocycles. The molecule has 0 atom stereocenters. The molecule has 4 rings (SSSR count). The highest BCUT2D eigenvalue weighted by molar-refractivity contribution is 5.91. The van der Waals surface area contributed by atoms with Crippen molar-refractivity contribution in [3.8, 4) is 17.2 Å². The number of ether oxygens (including phenoxy) is 3. The normalized spacial score (nSPS) is 22.2. The fraction of sp³-hybridized carbons (Fsp3) is 0.412. The number of amides is 1. The first kappa shape index (κ1) is 14.9. The Kier molecular flexibility index (Phi) is 3.98. The summed E-state index contributed by atoms with van der Waals surface area (Å²) < 4.78 is 21.5. The highest BCUT2D eigenvalue weighted by Gasteiger charge is 2.25. The van der Waals surface area contributed by atoms with Gasteiger partial charge in [0, 0.05) is 18.2 Å². The van der Waals surface area contributed by atoms with Crippen molar-refractivity contribution in [2.24, 2.45) is 0 Å². The molecule has 2 aromatic rings. The van der Waals surface area contributed by atoms with Crippen LogP contribution in [0.3, 0.4) is 0 Å². The van der Waals surface area contributed by atoms with E-state index in [4.69, 9.17) is 18.7 Å². The molecule has 0 bridgehead atoms. The lowest BCUT2D eigenvalue weighted by atomic mass is 9.93. The molecule has 0 saturated heterocycles. The Morgan fingerprint density at radius 1 is 1.12 bits per heavy atom. The summed E-state index contributed by atoms with van der Waals surface area (Å²) in [5, 5.41) is 6.52. The first-order valence-corrected chi connectivity index (χ1v) is 8.06. The number of nitrogens with one attached hydrogen (secondary N) is 1. The second kappa shape index (κ2) is 6.43. The third kappa shape index (κ3) is 3.15. The predicted molar refractivity (Wildman–Crippen MR) is 83.2 cm³/mol. The molecule has 1 aromatic heterocycles. The molecule has 2 heterocycles. The summed E-state index contributed by atoms with van der Waals surface area (Å²) in [6.45, 7) is 0.259. The van der Waals surface area contributed by atoms with Crippen molar-refractivity contribution in [1.82, 2.24) is 10.5 Å². The summed E-state index contributed by atoms with van der Waals surface area (Å²) in [6, 6.07) is 7.31. The number of aromatic nitrogens is 1. The maximum absolute atomic E-state index is 12.0. The Hall–Kier alpha value is -2.70. The lowest BCUT2D eigenvalue weighted by Crippen LogP contribution is -2.39. The van der Waals surface area contributed by atoms with Gasteiger partial charge in [0.2, 0.25) is 12.6 Å². The van der Waals surface area contributed by atoms with Crippen molar-refractivity contribution in [2.75, 3.05) is 6.79 Å². The van der Waals surface area contributed by atoms with Crippen molar-refractivity contribution in [1.29, 1.82) is 0 Å². The van der Waals surface area contributed by atoms with Crippen LogP contribution in [0.25, 0.3) is 0 Å². The molecule has 1 fully saturated rings. The number of hydrogen-bond donors (Lipinski definition) is 1. The van der Waals surface area contributed by atoms with E-state index in [1.165, 1.54) is 6.20 Å². The van der Waals surface area contributed by atoms with E-state index in [1.54, 1.807) is 6.07 Å². The van der Waals surface area contributed by atoms with Gasteiger partial charge in [0.1, 0.15) is 5.75 Å². The summed E-state index contributed by atoms with van der Waals surface area (Å²) in [6.07, 6.45) is 5.12. The minimum Gasteiger partial charge on any atom is -0.490 e. The fourth-order valence-corrected chi connectivity index (χ4v) is 3.06. The highest BCUT2D eigenvalue weighted by Crippen LogP contribution is 2.36. The van der Waals surface area contributed by atoms with Crippen LogP contribution in [0.1, 0.15) is 36.2 Å². The molecule has 24 heavy (non-hydrogen) atoms. The lowest BCUT2D eigenvalue weighted by molar-refractivity contribution is 0.0858. The minimum atomic E-state index is -0.215. The molecule has 2 aliphatic rings. The van der Waals surface area contributed by atoms with Gasteiger partial charge < -0.3 is 24.1 Å². The number of benzene rings is 1. The molecule has 0 spiro atoms. The third-order valence-corrected chi connectivity index (χ3v) is 4.32. The zero-order chi connectivity index (χ0) is 16.4. The number of rotatable bonds is 4. The largest absolute Gasteiger partial charge is 0.490 e. The zero-order valence-electron chi connectivity index (χ0n) is 13.1. The second-order valence-corrected chi connectivity index (χ2v) is 5.96. The summed E-state index contributed by atoms with van der Waals surface area (Å²) in [5.41, 5.74) is 0. The van der Waals surface area contributed by atoms with Gasteiger partial charge in [0.15, 0.2) is 11.5 Å². The monoisotopic (exact) mass is 330 g/mol. The molecule has 1 aliphatic heterocycles. The molecular formula is C17H18N2O5. The van der Waals surface area contributed by atoms with Crippen LogP contribution in [-0.2, 0) is 0 Å². The topological polar surface area (TPSA) is 82.8 Å². The molecule has 0 unspecified atom stereocenters. The highest BCUT2D eigenvalue weighted by atomic mass is 16.7. The predicted octanol–water partition coefficient (Wildman–Crippen LogP) is 2.52. The Morgan fingerprint density at radius 2 is 1.96 bits per heavy atom. The van der Waals surface area contributed by atoms with Gasteiger partial charge in [-0.2, -0.15) is 0 Å². The van der Waals surface area contributed by atoms with Crippen molar-refractivity contribution in [3.05, 3.63) is 36.2 Å². The van der Waals surface area contributed by atoms with Crippen LogP contribution in [0, 0.1) is 0 Å². The number of hydrogen-bond acceptors (Lipinski definition) is 6. The Labute approximate surface area is 138 Å². The molecule has 7 heteroatoms. The summed E-state index contributed by atoms with van der Waals surface area (Å²) >= 11 is 0.